The molecule has 0 aromatic heterocycles. The van der Waals surface area contributed by atoms with Crippen molar-refractivity contribution in [1.82, 2.24) is 0 Å². The molecular formula is C18H32O16. The fourth-order valence-corrected chi connectivity index (χ4v) is 4.06. The van der Waals surface area contributed by atoms with E-state index in [4.69, 9.17) is 23.7 Å². The Bertz CT molecular complexity index is 635. The van der Waals surface area contributed by atoms with Crippen LogP contribution in [0.1, 0.15) is 0 Å². The lowest BCUT2D eigenvalue weighted by molar-refractivity contribution is -0.377. The number of aliphatic hydroxyl groups is 11. The molecule has 0 unspecified atom stereocenters. The van der Waals surface area contributed by atoms with Crippen molar-refractivity contribution in [2.45, 2.75) is 92.1 Å². The first-order chi connectivity index (χ1) is 16.0. The van der Waals surface area contributed by atoms with Gasteiger partial charge in [-0.3, -0.25) is 0 Å². The van der Waals surface area contributed by atoms with Crippen molar-refractivity contribution in [3.8, 4) is 0 Å². The molecule has 15 atom stereocenters. The number of rotatable bonds is 7. The predicted molar refractivity (Wildman–Crippen MR) is 101 cm³/mol. The topological polar surface area (TPSA) is 269 Å². The predicted octanol–water partition coefficient (Wildman–Crippen LogP) is -7.57. The van der Waals surface area contributed by atoms with E-state index in [2.05, 4.69) is 0 Å². The third kappa shape index (κ3) is 5.37. The summed E-state index contributed by atoms with van der Waals surface area (Å²) < 4.78 is 26.4. The van der Waals surface area contributed by atoms with Crippen LogP contribution >= 0.6 is 0 Å². The molecule has 0 aromatic rings. The van der Waals surface area contributed by atoms with Crippen molar-refractivity contribution >= 4 is 0 Å². The minimum absolute atomic E-state index is 0.741. The van der Waals surface area contributed by atoms with E-state index in [9.17, 15) is 56.2 Å². The molecule has 0 spiro atoms. The van der Waals surface area contributed by atoms with Gasteiger partial charge in [0.1, 0.15) is 73.2 Å². The summed E-state index contributed by atoms with van der Waals surface area (Å²) in [5.74, 6) is 0. The molecule has 0 aromatic carbocycles. The molecule has 3 saturated heterocycles. The molecule has 3 rings (SSSR count). The van der Waals surface area contributed by atoms with Crippen LogP contribution in [0.2, 0.25) is 0 Å². The highest BCUT2D eigenvalue weighted by Gasteiger charge is 2.53. The SMILES string of the molecule is OC[C@H]1O[C@@H](O[C@H]2[C@H](O)[C@@H](O)[C@H](O[C@H]3[C@H](O)[C@H](O)[C@H](O)O[C@@H]3CO)O[C@@H]2CO)[C@H](O)[C@@H](O)[C@@H]1O. The average molecular weight is 504 g/mol. The van der Waals surface area contributed by atoms with Gasteiger partial charge in [-0.1, -0.05) is 0 Å². The first-order valence-corrected chi connectivity index (χ1v) is 10.6. The monoisotopic (exact) mass is 504 g/mol. The lowest BCUT2D eigenvalue weighted by Gasteiger charge is -2.47. The van der Waals surface area contributed by atoms with E-state index in [0.717, 1.165) is 0 Å². The van der Waals surface area contributed by atoms with Gasteiger partial charge in [-0.05, 0) is 0 Å². The zero-order chi connectivity index (χ0) is 25.3. The van der Waals surface area contributed by atoms with Gasteiger partial charge in [-0.25, -0.2) is 0 Å². The van der Waals surface area contributed by atoms with Gasteiger partial charge in [0.05, 0.1) is 19.8 Å². The highest BCUT2D eigenvalue weighted by atomic mass is 16.8. The van der Waals surface area contributed by atoms with Crippen LogP contribution in [0.3, 0.4) is 0 Å². The third-order valence-corrected chi connectivity index (χ3v) is 6.09. The third-order valence-electron chi connectivity index (χ3n) is 6.09. The second-order valence-corrected chi connectivity index (χ2v) is 8.33. The van der Waals surface area contributed by atoms with Crippen LogP contribution in [0.5, 0.6) is 0 Å². The van der Waals surface area contributed by atoms with Gasteiger partial charge in [0.25, 0.3) is 0 Å². The van der Waals surface area contributed by atoms with Gasteiger partial charge in [0.15, 0.2) is 18.9 Å². The average Bonchev–Trinajstić information content (AvgIpc) is 2.83. The van der Waals surface area contributed by atoms with Crippen LogP contribution in [0.25, 0.3) is 0 Å². The molecule has 200 valence electrons. The van der Waals surface area contributed by atoms with Crippen molar-refractivity contribution in [2.75, 3.05) is 19.8 Å². The minimum Gasteiger partial charge on any atom is -0.394 e. The number of hydrogen-bond donors (Lipinski definition) is 11. The summed E-state index contributed by atoms with van der Waals surface area (Å²) in [5.41, 5.74) is 0. The first kappa shape index (κ1) is 27.9. The molecule has 34 heavy (non-hydrogen) atoms. The van der Waals surface area contributed by atoms with Gasteiger partial charge in [0.2, 0.25) is 0 Å². The largest absolute Gasteiger partial charge is 0.394 e. The Kier molecular flexibility index (Phi) is 9.54. The Balaban J connectivity index is 1.72. The summed E-state index contributed by atoms with van der Waals surface area (Å²) in [5, 5.41) is 109. The summed E-state index contributed by atoms with van der Waals surface area (Å²) in [6.07, 6.45) is -25.1. The van der Waals surface area contributed by atoms with E-state index in [1.165, 1.54) is 0 Å². The van der Waals surface area contributed by atoms with E-state index in [-0.39, 0.29) is 0 Å². The standard InChI is InChI=1S/C18H32O16/c19-1-4-7(22)8(23)12(27)17(31-4)34-15-6(3-21)32-18(13(28)10(15)25)33-14-5(2-20)30-16(29)11(26)9(14)24/h4-29H,1-3H2/t4-,5-,6-,7-,8+,9-,10-,11+,12-,13-,14-,15-,16-,17+,18+/m1/s1. The van der Waals surface area contributed by atoms with Crippen molar-refractivity contribution in [1.29, 1.82) is 0 Å². The maximum Gasteiger partial charge on any atom is 0.187 e. The smallest absolute Gasteiger partial charge is 0.187 e. The fraction of sp³-hybridized carbons (Fsp3) is 1.00. The highest BCUT2D eigenvalue weighted by molar-refractivity contribution is 4.96. The molecule has 3 fully saturated rings. The Morgan fingerprint density at radius 3 is 1.35 bits per heavy atom. The molecule has 0 aliphatic carbocycles. The van der Waals surface area contributed by atoms with Gasteiger partial charge < -0.3 is 79.9 Å². The normalized spacial score (nSPS) is 52.5. The van der Waals surface area contributed by atoms with E-state index in [1.807, 2.05) is 0 Å². The lowest BCUT2D eigenvalue weighted by Crippen LogP contribution is -2.66. The highest BCUT2D eigenvalue weighted by Crippen LogP contribution is 2.32. The Morgan fingerprint density at radius 1 is 0.441 bits per heavy atom. The molecule has 11 N–H and O–H groups in total. The summed E-state index contributed by atoms with van der Waals surface area (Å²) in [7, 11) is 0. The minimum atomic E-state index is -1.91. The molecule has 0 radical (unpaired) electrons. The van der Waals surface area contributed by atoms with Crippen LogP contribution in [-0.4, -0.2) is 168 Å². The second-order valence-electron chi connectivity index (χ2n) is 8.33. The van der Waals surface area contributed by atoms with E-state index < -0.39 is 112 Å². The molecule has 3 aliphatic rings. The van der Waals surface area contributed by atoms with E-state index in [1.54, 1.807) is 0 Å². The number of ether oxygens (including phenoxy) is 5. The number of aliphatic hydroxyl groups excluding tert-OH is 11. The van der Waals surface area contributed by atoms with Crippen molar-refractivity contribution in [3.63, 3.8) is 0 Å². The Morgan fingerprint density at radius 2 is 0.853 bits per heavy atom. The molecule has 0 saturated carbocycles. The Labute approximate surface area is 192 Å². The first-order valence-electron chi connectivity index (χ1n) is 10.6. The maximum atomic E-state index is 10.6. The number of hydrogen-bond acceptors (Lipinski definition) is 16. The molecule has 16 nitrogen and oxygen atoms in total. The Hall–Kier alpha value is -0.640. The van der Waals surface area contributed by atoms with Crippen molar-refractivity contribution in [3.05, 3.63) is 0 Å². The molecule has 0 amide bonds. The van der Waals surface area contributed by atoms with Gasteiger partial charge >= 0.3 is 0 Å². The van der Waals surface area contributed by atoms with Crippen LogP contribution < -0.4 is 0 Å². The van der Waals surface area contributed by atoms with E-state index in [0.29, 0.717) is 0 Å². The van der Waals surface area contributed by atoms with Crippen molar-refractivity contribution < 1.29 is 79.9 Å². The molecule has 3 aliphatic heterocycles. The second kappa shape index (κ2) is 11.6. The van der Waals surface area contributed by atoms with Crippen molar-refractivity contribution in [2.24, 2.45) is 0 Å². The zero-order valence-corrected chi connectivity index (χ0v) is 17.7. The molecule has 0 bridgehead atoms. The van der Waals surface area contributed by atoms with Crippen LogP contribution in [0.4, 0.5) is 0 Å². The van der Waals surface area contributed by atoms with Crippen LogP contribution in [0.15, 0.2) is 0 Å². The molecule has 3 heterocycles. The van der Waals surface area contributed by atoms with Gasteiger partial charge in [-0.2, -0.15) is 0 Å². The van der Waals surface area contributed by atoms with E-state index >= 15 is 0 Å². The lowest BCUT2D eigenvalue weighted by atomic mass is 9.96. The molecule has 16 heteroatoms. The molecular weight excluding hydrogens is 472 g/mol. The van der Waals surface area contributed by atoms with Crippen LogP contribution in [0, 0.1) is 0 Å². The zero-order valence-electron chi connectivity index (χ0n) is 17.7. The summed E-state index contributed by atoms with van der Waals surface area (Å²) in [4.78, 5) is 0. The maximum absolute atomic E-state index is 10.6. The van der Waals surface area contributed by atoms with Crippen LogP contribution in [-0.2, 0) is 23.7 Å². The summed E-state index contributed by atoms with van der Waals surface area (Å²) >= 11 is 0. The fourth-order valence-electron chi connectivity index (χ4n) is 4.06. The van der Waals surface area contributed by atoms with Gasteiger partial charge in [-0.15, -0.1) is 0 Å². The quantitative estimate of drug-likeness (QED) is 0.154. The summed E-state index contributed by atoms with van der Waals surface area (Å²) in [6.45, 7) is -2.32. The van der Waals surface area contributed by atoms with Gasteiger partial charge in [0, 0.05) is 0 Å². The summed E-state index contributed by atoms with van der Waals surface area (Å²) in [6, 6.07) is 0.